The third-order valence-electron chi connectivity index (χ3n) is 13.5. The van der Waals surface area contributed by atoms with E-state index in [4.69, 9.17) is 27.4 Å². The summed E-state index contributed by atoms with van der Waals surface area (Å²) in [7, 11) is 0. The Morgan fingerprint density at radius 3 is 1.15 bits per heavy atom. The molecule has 0 saturated carbocycles. The Morgan fingerprint density at radius 2 is 0.792 bits per heavy atom. The maximum atomic E-state index is 10.8. The largest absolute Gasteiger partial charge is 0.310 e. The van der Waals surface area contributed by atoms with Gasteiger partial charge in [-0.1, -0.05) is 154 Å². The molecule has 72 heavy (non-hydrogen) atoms. The van der Waals surface area contributed by atoms with Gasteiger partial charge in [0.1, 0.15) is 0 Å². The molecule has 0 atom stereocenters. The summed E-state index contributed by atoms with van der Waals surface area (Å²) in [6.45, 7) is -3.84. The molecule has 4 heterocycles. The van der Waals surface area contributed by atoms with Gasteiger partial charge in [-0.15, -0.1) is 0 Å². The minimum absolute atomic E-state index is 0.0647. The molecule has 0 amide bonds. The molecule has 13 aromatic rings. The summed E-state index contributed by atoms with van der Waals surface area (Å²) in [5.74, 6) is -7.60. The minimum atomic E-state index is -3.82. The molecule has 0 N–H and O–H groups in total. The van der Waals surface area contributed by atoms with Crippen LogP contribution >= 0.6 is 0 Å². The molecule has 0 aliphatic carbocycles. The Balaban J connectivity index is 1.22. The van der Waals surface area contributed by atoms with Crippen molar-refractivity contribution in [3.8, 4) is 0 Å². The van der Waals surface area contributed by atoms with Gasteiger partial charge in [0.2, 0.25) is 0 Å². The van der Waals surface area contributed by atoms with Crippen molar-refractivity contribution in [2.45, 2.75) is 91.6 Å². The third kappa shape index (κ3) is 6.57. The van der Waals surface area contributed by atoms with Crippen LogP contribution in [0.25, 0.3) is 76.2 Å². The average molecular weight is 969 g/mol. The third-order valence-corrected chi connectivity index (χ3v) is 13.5. The van der Waals surface area contributed by atoms with Crippen LogP contribution in [0.4, 0.5) is 34.1 Å². The molecule has 4 heteroatoms. The fourth-order valence-electron chi connectivity index (χ4n) is 10.1. The molecule has 0 fully saturated rings. The Bertz CT molecular complexity index is 5530. The second kappa shape index (κ2) is 15.8. The van der Waals surface area contributed by atoms with Crippen LogP contribution in [0.1, 0.15) is 150 Å². The van der Waals surface area contributed by atoms with Crippen molar-refractivity contribution in [1.29, 1.82) is 0 Å². The van der Waals surface area contributed by atoms with E-state index >= 15 is 0 Å². The molecule has 4 aromatic heterocycles. The van der Waals surface area contributed by atoms with Crippen molar-refractivity contribution in [2.24, 2.45) is 0 Å². The maximum Gasteiger partial charge on any atom is 0.0653 e. The van der Waals surface area contributed by atoms with Crippen LogP contribution < -0.4 is 9.80 Å². The molecule has 4 nitrogen and oxygen atoms in total. The van der Waals surface area contributed by atoms with Gasteiger partial charge < -0.3 is 18.6 Å². The van der Waals surface area contributed by atoms with Gasteiger partial charge in [0.25, 0.3) is 0 Å². The van der Waals surface area contributed by atoms with E-state index in [2.05, 4.69) is 0 Å². The van der Waals surface area contributed by atoms with E-state index in [-0.39, 0.29) is 77.8 Å². The van der Waals surface area contributed by atoms with Crippen molar-refractivity contribution in [3.05, 3.63) is 204 Å². The standard InChI is InChI=1S/C68H62N4/c1-41(2)43-21-27-49(28-22-43)69(47-17-13-11-14-18-47)59-35-31-51-53-39-62-54(40-61(53)71-57-33-25-45(67(5,6)7)37-55(57)63(59)65(51)71)52-32-36-60(64-56-38-46(68(8,9)10)26-34-58(56)72(62)66(52)64)70(48-19-15-12-16-20-48)50-29-23-44(24-30-50)42(3)4/h11-42H,1-10H3/i1D3,2D3,3D3,4D3,11D,12D,13D,14D,15D,16D,17D,18D,19D,20D,21D,22D,23D,24D,27D,28D,29D,30D,39D,40D,41D,42D. The molecule has 0 aliphatic heterocycles. The van der Waals surface area contributed by atoms with Crippen LogP contribution in [0, 0.1) is 0 Å². The maximum absolute atomic E-state index is 10.8. The number of anilines is 6. The lowest BCUT2D eigenvalue weighted by molar-refractivity contribution is 0.591. The fraction of sp³-hybridized carbons (Fsp3) is 0.206. The Kier molecular flexibility index (Phi) is 4.64. The minimum Gasteiger partial charge on any atom is -0.310 e. The van der Waals surface area contributed by atoms with E-state index in [1.807, 2.05) is 41.5 Å². The summed E-state index contributed by atoms with van der Waals surface area (Å²) in [5, 5.41) is 1.48. The number of hydrogen-bond acceptors (Lipinski definition) is 2. The predicted molar refractivity (Wildman–Crippen MR) is 311 cm³/mol. The molecule has 13 rings (SSSR count). The molecule has 354 valence electrons. The van der Waals surface area contributed by atoms with E-state index in [0.29, 0.717) is 32.9 Å². The van der Waals surface area contributed by atoms with Crippen molar-refractivity contribution < 1.29 is 46.6 Å². The Morgan fingerprint density at radius 1 is 0.417 bits per heavy atom. The van der Waals surface area contributed by atoms with Crippen molar-refractivity contribution in [3.63, 3.8) is 0 Å². The van der Waals surface area contributed by atoms with Crippen molar-refractivity contribution in [2.75, 3.05) is 9.80 Å². The number of hydrogen-bond donors (Lipinski definition) is 0. The number of para-hydroxylation sites is 2. The van der Waals surface area contributed by atoms with Crippen molar-refractivity contribution in [1.82, 2.24) is 8.80 Å². The smallest absolute Gasteiger partial charge is 0.0653 e. The average Bonchev–Trinajstić information content (AvgIpc) is 1.50. The lowest BCUT2D eigenvalue weighted by Gasteiger charge is -2.27. The van der Waals surface area contributed by atoms with Gasteiger partial charge in [-0.25, -0.2) is 0 Å². The number of nitrogens with zero attached hydrogens (tertiary/aromatic N) is 4. The predicted octanol–water partition coefficient (Wildman–Crippen LogP) is 19.8. The highest BCUT2D eigenvalue weighted by molar-refractivity contribution is 6.32. The molecule has 0 unspecified atom stereocenters. The Hall–Kier alpha value is -7.82. The van der Waals surface area contributed by atoms with E-state index in [9.17, 15) is 19.2 Å². The van der Waals surface area contributed by atoms with Gasteiger partial charge in [0.05, 0.1) is 71.9 Å². The van der Waals surface area contributed by atoms with Crippen LogP contribution in [-0.2, 0) is 10.8 Å². The summed E-state index contributed by atoms with van der Waals surface area (Å²) in [6.07, 6.45) is 0. The van der Waals surface area contributed by atoms with Crippen LogP contribution in [0.15, 0.2) is 182 Å². The normalized spacial score (nSPS) is 20.6. The van der Waals surface area contributed by atoms with Crippen LogP contribution in [0.3, 0.4) is 0 Å². The zero-order valence-corrected chi connectivity index (χ0v) is 39.6. The number of rotatable bonds is 8. The highest BCUT2D eigenvalue weighted by Crippen LogP contribution is 2.52. The first-order valence-corrected chi connectivity index (χ1v) is 23.0. The molecule has 0 aliphatic rings. The molecular formula is C68H62N4. The molecule has 9 aromatic carbocycles. The van der Waals surface area contributed by atoms with Crippen LogP contribution in [-0.4, -0.2) is 8.80 Å². The second-order valence-electron chi connectivity index (χ2n) is 19.9. The quantitative estimate of drug-likeness (QED) is 0.151. The zero-order chi connectivity index (χ0) is 78.8. The van der Waals surface area contributed by atoms with E-state index in [1.165, 1.54) is 24.3 Å². The summed E-state index contributed by atoms with van der Waals surface area (Å²) in [5.41, 5.74) is -5.16. The summed E-state index contributed by atoms with van der Waals surface area (Å²) in [6, 6.07) is -3.37. The van der Waals surface area contributed by atoms with Crippen LogP contribution in [0.2, 0.25) is 0 Å². The van der Waals surface area contributed by atoms with Crippen LogP contribution in [0.5, 0.6) is 0 Å². The molecule has 0 spiro atoms. The molecular weight excluding hydrogens is 873 g/mol. The highest BCUT2D eigenvalue weighted by atomic mass is 15.2. The summed E-state index contributed by atoms with van der Waals surface area (Å²) in [4.78, 5) is 1.76. The fourth-order valence-corrected chi connectivity index (χ4v) is 10.1. The van der Waals surface area contributed by atoms with Gasteiger partial charge in [-0.3, -0.25) is 0 Å². The van der Waals surface area contributed by atoms with Crippen molar-refractivity contribution >= 4 is 110 Å². The number of aromatic nitrogens is 2. The lowest BCUT2D eigenvalue weighted by Crippen LogP contribution is -2.11. The van der Waals surface area contributed by atoms with Gasteiger partial charge in [-0.2, -0.15) is 0 Å². The Labute approximate surface area is 470 Å². The monoisotopic (exact) mass is 969 g/mol. The zero-order valence-electron chi connectivity index (χ0n) is 73.6. The summed E-state index contributed by atoms with van der Waals surface area (Å²) < 4.78 is 310. The first-order chi connectivity index (χ1) is 48.6. The molecule has 0 radical (unpaired) electrons. The topological polar surface area (TPSA) is 15.3 Å². The lowest BCUT2D eigenvalue weighted by atomic mass is 9.86. The molecule has 0 saturated heterocycles. The van der Waals surface area contributed by atoms with E-state index in [1.54, 1.807) is 45.2 Å². The van der Waals surface area contributed by atoms with E-state index < -0.39 is 193 Å². The van der Waals surface area contributed by atoms with Gasteiger partial charge >= 0.3 is 0 Å². The highest BCUT2D eigenvalue weighted by Gasteiger charge is 2.29. The molecule has 0 bridgehead atoms. The van der Waals surface area contributed by atoms with Gasteiger partial charge in [-0.05, 0) is 142 Å². The second-order valence-corrected chi connectivity index (χ2v) is 19.9. The number of benzene rings is 9. The van der Waals surface area contributed by atoms with Gasteiger partial charge in [0.15, 0.2) is 0 Å². The SMILES string of the molecule is [2H]c1c([2H])c([2H])c(N(c2c([2H])c([2H])c(C([2H])(C([2H])([2H])[2H])C([2H])([2H])[2H])c([2H])c2[2H])c2ccc3c4c([2H])c5c(c([2H])c4n4c6ccc(C(C)(C)C)cc6c2c34)c2ccc(N(c3c([2H])c([2H])c([2H])c([2H])c3[2H])c3c([2H])c([2H])c(C([2H])(C([2H])([2H])[2H])C([2H])([2H])[2H])c([2H])c3[2H])c3c4cc(C(C)(C)C)ccc4n5c23)c([2H])c1[2H]. The van der Waals surface area contributed by atoms with Gasteiger partial charge in [0, 0.05) is 85.0 Å². The summed E-state index contributed by atoms with van der Waals surface area (Å²) >= 11 is 0. The first kappa shape index (κ1) is 21.1. The number of fused-ring (bicyclic) bond motifs is 12. The first-order valence-electron chi connectivity index (χ1n) is 40.0. The van der Waals surface area contributed by atoms with E-state index in [0.717, 1.165) is 9.80 Å².